The first-order valence-electron chi connectivity index (χ1n) is 42.4. The van der Waals surface area contributed by atoms with Crippen molar-refractivity contribution in [1.82, 2.24) is 48.2 Å². The zero-order valence-electron chi connectivity index (χ0n) is 72.1. The molecule has 0 unspecified atom stereocenters. The molecule has 0 atom stereocenters. The highest BCUT2D eigenvalue weighted by Gasteiger charge is 2.52. The van der Waals surface area contributed by atoms with E-state index in [9.17, 15) is 0 Å². The van der Waals surface area contributed by atoms with Crippen LogP contribution in [0.15, 0.2) is 388 Å². The highest BCUT2D eigenvalue weighted by atomic mass is 127. The van der Waals surface area contributed by atoms with Crippen molar-refractivity contribution in [2.45, 2.75) is 38.9 Å². The number of alkyl halides is 3. The number of hydrogen-bond donors (Lipinski definition) is 0. The van der Waals surface area contributed by atoms with Gasteiger partial charge in [-0.25, -0.2) is 38.7 Å². The Morgan fingerprint density at radius 2 is 0.492 bits per heavy atom. The first-order chi connectivity index (χ1) is 63.7. The van der Waals surface area contributed by atoms with Crippen LogP contribution >= 0.6 is 79.4 Å². The van der Waals surface area contributed by atoms with Gasteiger partial charge in [0.15, 0.2) is 34.9 Å². The number of halogens is 6. The molecule has 7 heterocycles. The van der Waals surface area contributed by atoms with Crippen LogP contribution in [0.3, 0.4) is 0 Å². The zero-order chi connectivity index (χ0) is 89.7. The molecule has 636 valence electrons. The lowest BCUT2D eigenvalue weighted by molar-refractivity contribution is 0.00578. The average molecular weight is 2060 g/mol. The molecule has 0 amide bonds. The number of benzene rings is 16. The van der Waals surface area contributed by atoms with Crippen LogP contribution < -0.4 is 5.46 Å². The zero-order valence-corrected chi connectivity index (χ0v) is 79.3. The van der Waals surface area contributed by atoms with Crippen LogP contribution in [0.4, 0.5) is 8.78 Å². The number of nitrogens with zero attached hydrogens (tertiary/aromatic N) is 10. The normalized spacial score (nSPS) is 12.5. The summed E-state index contributed by atoms with van der Waals surface area (Å²) >= 11 is 12.6. The third-order valence-corrected chi connectivity index (χ3v) is 24.1. The predicted octanol–water partition coefficient (Wildman–Crippen LogP) is 29.9. The number of hydrogen-bond acceptors (Lipinski definition) is 8. The van der Waals surface area contributed by atoms with Gasteiger partial charge in [0.25, 0.3) is 0 Å². The van der Waals surface area contributed by atoms with Crippen LogP contribution in [0, 0.1) is 11.6 Å². The summed E-state index contributed by atoms with van der Waals surface area (Å²) in [6, 6.07) is 129. The van der Waals surface area contributed by atoms with E-state index in [1.54, 1.807) is 6.07 Å². The molecular weight excluding hydrogens is 1970 g/mol. The Morgan fingerprint density at radius 3 is 0.808 bits per heavy atom. The second-order valence-corrected chi connectivity index (χ2v) is 32.4. The van der Waals surface area contributed by atoms with Crippen molar-refractivity contribution in [3.8, 4) is 102 Å². The second kappa shape index (κ2) is 38.4. The number of fused-ring (bicyclic) bond motifs is 12. The summed E-state index contributed by atoms with van der Waals surface area (Å²) in [5, 5.41) is 9.95. The van der Waals surface area contributed by atoms with Gasteiger partial charge in [0, 0.05) is 92.9 Å². The molecule has 130 heavy (non-hydrogen) atoms. The van der Waals surface area contributed by atoms with Gasteiger partial charge in [-0.15, -0.1) is 0 Å². The molecule has 16 aromatic carbocycles. The van der Waals surface area contributed by atoms with Gasteiger partial charge in [0.05, 0.1) is 66.7 Å². The van der Waals surface area contributed by atoms with Gasteiger partial charge < -0.3 is 27.6 Å². The van der Waals surface area contributed by atoms with E-state index in [0.29, 0.717) is 56.8 Å². The molecule has 1 aliphatic heterocycles. The molecule has 0 saturated carbocycles. The lowest BCUT2D eigenvalue weighted by atomic mass is 9.79. The van der Waals surface area contributed by atoms with E-state index in [1.807, 2.05) is 270 Å². The Balaban J connectivity index is 0.000000135. The average Bonchev–Trinajstić information content (AvgIpc) is 1.60. The second-order valence-electron chi connectivity index (χ2n) is 32.0. The van der Waals surface area contributed by atoms with Crippen LogP contribution in [-0.4, -0.2) is 81.3 Å². The third-order valence-electron chi connectivity index (χ3n) is 23.9. The molecule has 6 aromatic heterocycles. The van der Waals surface area contributed by atoms with Gasteiger partial charge in [0.1, 0.15) is 11.6 Å². The summed E-state index contributed by atoms with van der Waals surface area (Å²) in [7, 11) is -0.582. The van der Waals surface area contributed by atoms with Crippen LogP contribution in [0.2, 0.25) is 5.02 Å². The standard InChI is InChI=1S/C51H32FN5.C33H21ClN4.C24H23BFNO2.3CH3I/c52-43-32-36(29-30-48(43)57-46-23-10-6-19-41(46)42-20-7-11-24-47(42)57)33-25-27-35(28-26-33)50-53-49(34-13-2-1-3-14-34)54-51(55-50)37-15-12-16-38(31-37)56-44-21-8-4-17-39(44)40-18-5-9-22-45(40)56;34-25-19-17-23(18-20-25)32-35-31(22-9-2-1-3-10-22)36-33(37-32)24-11-8-12-26(21-24)38-29-15-6-4-13-27(29)28-14-5-7-16-30(28)38;1-23(2)24(3,4)29-25(28-23)16-13-14-22(19(26)15-16)27-20-11-7-5-9-17(20)18-10-6-8-12-21(18)27;3*1-2/h1-32H;1-21H;5-15H,1-4H3;3*1H3. The minimum absolute atomic E-state index is 0.291. The number of para-hydroxylation sites is 8. The van der Waals surface area contributed by atoms with Gasteiger partial charge in [-0.05, 0) is 180 Å². The van der Waals surface area contributed by atoms with Crippen molar-refractivity contribution in [3.05, 3.63) is 405 Å². The fourth-order valence-corrected chi connectivity index (χ4v) is 17.3. The molecule has 1 fully saturated rings. The molecule has 19 heteroatoms. The Labute approximate surface area is 798 Å². The van der Waals surface area contributed by atoms with E-state index in [1.165, 1.54) is 27.6 Å². The predicted molar refractivity (Wildman–Crippen MR) is 562 cm³/mol. The first kappa shape index (κ1) is 87.7. The smallest absolute Gasteiger partial charge is 0.399 e. The van der Waals surface area contributed by atoms with Gasteiger partial charge >= 0.3 is 7.12 Å². The number of rotatable bonds is 12. The highest BCUT2D eigenvalue weighted by molar-refractivity contribution is 14.1. The molecule has 12 nitrogen and oxygen atoms in total. The van der Waals surface area contributed by atoms with Gasteiger partial charge in [-0.3, -0.25) is 0 Å². The molecule has 23 rings (SSSR count). The van der Waals surface area contributed by atoms with E-state index >= 15 is 8.78 Å². The molecule has 1 aliphatic rings. The Bertz CT molecular complexity index is 7680. The van der Waals surface area contributed by atoms with Crippen molar-refractivity contribution in [2.24, 2.45) is 0 Å². The van der Waals surface area contributed by atoms with Crippen molar-refractivity contribution in [2.75, 3.05) is 14.8 Å². The Morgan fingerprint density at radius 1 is 0.246 bits per heavy atom. The molecule has 0 aliphatic carbocycles. The van der Waals surface area contributed by atoms with Crippen LogP contribution in [0.25, 0.3) is 189 Å². The molecule has 0 spiro atoms. The fraction of sp³-hybridized carbons (Fsp3) is 0.0811. The summed E-state index contributed by atoms with van der Waals surface area (Å²) in [6.07, 6.45) is 0. The molecule has 0 N–H and O–H groups in total. The monoisotopic (exact) mass is 2050 g/mol. The van der Waals surface area contributed by atoms with E-state index in [2.05, 4.69) is 235 Å². The maximum atomic E-state index is 16.1. The minimum atomic E-state index is -0.582. The topological polar surface area (TPSA) is 116 Å². The van der Waals surface area contributed by atoms with E-state index in [4.69, 9.17) is 50.8 Å². The quantitative estimate of drug-likeness (QED) is 0.0675. The maximum Gasteiger partial charge on any atom is 0.494 e. The van der Waals surface area contributed by atoms with Gasteiger partial charge in [-0.1, -0.05) is 346 Å². The molecular formula is C111H85BClF2I3N10O2. The van der Waals surface area contributed by atoms with E-state index < -0.39 is 18.3 Å². The van der Waals surface area contributed by atoms with Crippen molar-refractivity contribution in [3.63, 3.8) is 0 Å². The van der Waals surface area contributed by atoms with Gasteiger partial charge in [-0.2, -0.15) is 0 Å². The molecule has 22 aromatic rings. The third kappa shape index (κ3) is 17.1. The summed E-state index contributed by atoms with van der Waals surface area (Å²) in [5.74, 6) is 2.98. The molecule has 1 saturated heterocycles. The minimum Gasteiger partial charge on any atom is -0.399 e. The maximum absolute atomic E-state index is 16.1. The first-order valence-corrected chi connectivity index (χ1v) is 49.3. The molecule has 0 radical (unpaired) electrons. The summed E-state index contributed by atoms with van der Waals surface area (Å²) < 4.78 is 52.3. The highest BCUT2D eigenvalue weighted by Crippen LogP contribution is 2.42. The van der Waals surface area contributed by atoms with Crippen molar-refractivity contribution < 1.29 is 18.1 Å². The lowest BCUT2D eigenvalue weighted by Gasteiger charge is -2.32. The van der Waals surface area contributed by atoms with Crippen LogP contribution in [-0.2, 0) is 9.31 Å². The lowest BCUT2D eigenvalue weighted by Crippen LogP contribution is -2.41. The Kier molecular flexibility index (Phi) is 25.9. The fourth-order valence-electron chi connectivity index (χ4n) is 17.1. The van der Waals surface area contributed by atoms with Crippen molar-refractivity contribution in [1.29, 1.82) is 0 Å². The summed E-state index contributed by atoms with van der Waals surface area (Å²) in [4.78, 5) is 35.6. The summed E-state index contributed by atoms with van der Waals surface area (Å²) in [5.41, 5.74) is 18.4. The van der Waals surface area contributed by atoms with Crippen LogP contribution in [0.5, 0.6) is 0 Å². The number of aromatic nitrogens is 10. The molecule has 0 bridgehead atoms. The van der Waals surface area contributed by atoms with Gasteiger partial charge in [0.2, 0.25) is 0 Å². The van der Waals surface area contributed by atoms with Crippen molar-refractivity contribution >= 4 is 179 Å². The Hall–Kier alpha value is -12.9. The summed E-state index contributed by atoms with van der Waals surface area (Å²) in [6.45, 7) is 7.98. The van der Waals surface area contributed by atoms with Crippen LogP contribution in [0.1, 0.15) is 27.7 Å². The van der Waals surface area contributed by atoms with E-state index in [0.717, 1.165) is 122 Å². The largest absolute Gasteiger partial charge is 0.494 e. The SMILES string of the molecule is CC1(C)OB(c2ccc(-n3c4ccccc4c4ccccc43)c(F)c2)OC1(C)C.CI.CI.CI.Clc1ccc(-c2nc(-c3ccccc3)nc(-c3cccc(-n4c5ccccc5c5ccccc54)c3)n2)cc1.Fc1cc(-c2ccc(-c3nc(-c4ccccc4)nc(-c4cccc(-n5c6ccccc6c6ccccc65)c4)n3)cc2)ccc1-n1c2ccccc2c2ccccc21. The van der Waals surface area contributed by atoms with E-state index in [-0.39, 0.29) is 11.6 Å².